The van der Waals surface area contributed by atoms with E-state index >= 15 is 0 Å². The van der Waals surface area contributed by atoms with Gasteiger partial charge in [0.05, 0.1) is 13.2 Å². The number of hydrogen-bond acceptors (Lipinski definition) is 23. The summed E-state index contributed by atoms with van der Waals surface area (Å²) >= 11 is 0. The Morgan fingerprint density at radius 2 is 0.729 bits per heavy atom. The summed E-state index contributed by atoms with van der Waals surface area (Å²) in [5.74, 6) is -2.04. The van der Waals surface area contributed by atoms with Gasteiger partial charge in [-0.15, -0.1) is 0 Å². The molecule has 18 atom stereocenters. The molecule has 0 aromatic carbocycles. The standard InChI is InChI=1S/C71H127O24P/c1-4-7-10-13-16-19-22-25-26-29-31-34-37-40-43-46-56(74)88-51-54-59(77)61(79)66(84)71(92-54)94-68-64(82)62(80)63(81)67(93-70-65(83)60(78)58(76)53(48-72)91-70)69(68)95-96(85,86)89-50-52(90-57(75)47-44-41-38-35-32-28-24-21-18-15-12-9-6-3)49-87-55(73)45-42-39-36-33-30-27-23-20-17-14-11-8-5-2/h19,22,27-28,30,32,52-54,58-72,76-84H,4-18,20-21,23-26,29,31,33-51H2,1-3H3,(H,85,86)/b22-19-,30-27-,32-28-. The fourth-order valence-electron chi connectivity index (χ4n) is 11.8. The number of ether oxygens (including phenoxy) is 7. The third-order valence-electron chi connectivity index (χ3n) is 17.9. The number of unbranched alkanes of at least 4 members (excludes halogenated alkanes) is 29. The summed E-state index contributed by atoms with van der Waals surface area (Å²) in [6.07, 6.45) is 13.7. The van der Waals surface area contributed by atoms with Crippen LogP contribution in [0.4, 0.5) is 0 Å². The number of carbonyl (C=O) groups is 3. The Morgan fingerprint density at radius 1 is 0.396 bits per heavy atom. The van der Waals surface area contributed by atoms with Crippen LogP contribution in [0.1, 0.15) is 265 Å². The maximum atomic E-state index is 14.3. The highest BCUT2D eigenvalue weighted by molar-refractivity contribution is 7.47. The Morgan fingerprint density at radius 3 is 1.15 bits per heavy atom. The van der Waals surface area contributed by atoms with Crippen LogP contribution in [-0.2, 0) is 61.2 Å². The number of carbonyl (C=O) groups excluding carboxylic acids is 3. The van der Waals surface area contributed by atoms with Crippen molar-refractivity contribution in [2.24, 2.45) is 0 Å². The minimum atomic E-state index is -5.70. The van der Waals surface area contributed by atoms with Crippen LogP contribution >= 0.6 is 7.82 Å². The van der Waals surface area contributed by atoms with Gasteiger partial charge in [-0.2, -0.15) is 0 Å². The highest BCUT2D eigenvalue weighted by atomic mass is 31.2. The maximum absolute atomic E-state index is 14.3. The van der Waals surface area contributed by atoms with Crippen LogP contribution in [0, 0.1) is 0 Å². The summed E-state index contributed by atoms with van der Waals surface area (Å²) in [4.78, 5) is 50.9. The molecule has 24 nitrogen and oxygen atoms in total. The van der Waals surface area contributed by atoms with Crippen LogP contribution in [-0.4, -0.2) is 204 Å². The van der Waals surface area contributed by atoms with E-state index in [9.17, 15) is 74.9 Å². The van der Waals surface area contributed by atoms with Gasteiger partial charge in [0.15, 0.2) is 18.7 Å². The second-order valence-electron chi connectivity index (χ2n) is 26.3. The molecule has 2 saturated heterocycles. The summed E-state index contributed by atoms with van der Waals surface area (Å²) in [7, 11) is -5.70. The SMILES string of the molecule is CCCCCC/C=C\CCCCCCCCCC(=O)OCC1OC(OC2C(O)C(O)C(O)C(OC3OC(CO)C(O)C(O)C3O)C2OP(=O)(O)OCC(COC(=O)CCCCC/C=C\CCCCCCCC)OC(=O)CCCCC/C=C\CCCCCCCC)C(O)C(O)C1O. The monoisotopic (exact) mass is 1390 g/mol. The number of aliphatic hydroxyl groups is 10. The van der Waals surface area contributed by atoms with E-state index in [-0.39, 0.29) is 19.3 Å². The average Bonchev–Trinajstić information content (AvgIpc) is 1.08. The second kappa shape index (κ2) is 53.1. The summed E-state index contributed by atoms with van der Waals surface area (Å²) in [6.45, 7) is 3.36. The van der Waals surface area contributed by atoms with Crippen molar-refractivity contribution in [2.45, 2.75) is 369 Å². The molecule has 3 fully saturated rings. The van der Waals surface area contributed by atoms with Crippen molar-refractivity contribution in [1.82, 2.24) is 0 Å². The van der Waals surface area contributed by atoms with Gasteiger partial charge in [-0.05, 0) is 96.3 Å². The minimum absolute atomic E-state index is 0.0209. The van der Waals surface area contributed by atoms with E-state index in [0.717, 1.165) is 109 Å². The lowest BCUT2D eigenvalue weighted by Gasteiger charge is -2.49. The van der Waals surface area contributed by atoms with E-state index in [4.69, 9.17) is 42.2 Å². The van der Waals surface area contributed by atoms with Gasteiger partial charge in [-0.25, -0.2) is 4.57 Å². The van der Waals surface area contributed by atoms with Crippen molar-refractivity contribution in [1.29, 1.82) is 0 Å². The van der Waals surface area contributed by atoms with Crippen molar-refractivity contribution in [3.05, 3.63) is 36.5 Å². The molecule has 3 aliphatic rings. The topological polar surface area (TPSA) is 374 Å². The molecule has 0 radical (unpaired) electrons. The number of hydrogen-bond donors (Lipinski definition) is 11. The van der Waals surface area contributed by atoms with Crippen molar-refractivity contribution >= 4 is 25.7 Å². The summed E-state index contributed by atoms with van der Waals surface area (Å²) in [6, 6.07) is 0. The molecule has 2 aliphatic heterocycles. The predicted octanol–water partition coefficient (Wildman–Crippen LogP) is 9.51. The van der Waals surface area contributed by atoms with Crippen LogP contribution < -0.4 is 0 Å². The van der Waals surface area contributed by atoms with Crippen LogP contribution in [0.15, 0.2) is 36.5 Å². The van der Waals surface area contributed by atoms with Crippen LogP contribution in [0.3, 0.4) is 0 Å². The van der Waals surface area contributed by atoms with Gasteiger partial charge >= 0.3 is 25.7 Å². The number of phosphoric ester groups is 1. The van der Waals surface area contributed by atoms with E-state index in [1.165, 1.54) is 89.9 Å². The third-order valence-corrected chi connectivity index (χ3v) is 18.8. The van der Waals surface area contributed by atoms with Crippen LogP contribution in [0.25, 0.3) is 0 Å². The Balaban J connectivity index is 1.75. The van der Waals surface area contributed by atoms with Crippen molar-refractivity contribution < 1.29 is 117 Å². The molecule has 18 unspecified atom stereocenters. The normalized spacial score (nSPS) is 28.1. The predicted molar refractivity (Wildman–Crippen MR) is 361 cm³/mol. The van der Waals surface area contributed by atoms with Gasteiger partial charge in [-0.3, -0.25) is 23.4 Å². The van der Waals surface area contributed by atoms with Crippen LogP contribution in [0.5, 0.6) is 0 Å². The molecular formula is C71H127O24P. The summed E-state index contributed by atoms with van der Waals surface area (Å²) < 4.78 is 64.9. The molecule has 0 aromatic rings. The Hall–Kier alpha value is -2.82. The number of allylic oxidation sites excluding steroid dienone is 6. The molecule has 560 valence electrons. The lowest BCUT2D eigenvalue weighted by atomic mass is 9.84. The number of esters is 3. The Bertz CT molecular complexity index is 2140. The van der Waals surface area contributed by atoms with E-state index in [0.29, 0.717) is 25.7 Å². The van der Waals surface area contributed by atoms with E-state index in [1.807, 2.05) is 0 Å². The van der Waals surface area contributed by atoms with Gasteiger partial charge in [0, 0.05) is 19.3 Å². The molecule has 25 heteroatoms. The Labute approximate surface area is 572 Å². The first-order chi connectivity index (χ1) is 46.3. The molecule has 1 saturated carbocycles. The molecule has 0 aromatic heterocycles. The highest BCUT2D eigenvalue weighted by Gasteiger charge is 2.58. The first-order valence-electron chi connectivity index (χ1n) is 36.8. The molecule has 3 rings (SSSR count). The quantitative estimate of drug-likeness (QED) is 0.00887. The van der Waals surface area contributed by atoms with Crippen molar-refractivity contribution in [3.63, 3.8) is 0 Å². The average molecular weight is 1400 g/mol. The van der Waals surface area contributed by atoms with E-state index < -0.39 is 156 Å². The zero-order valence-corrected chi connectivity index (χ0v) is 59.0. The molecular weight excluding hydrogens is 1270 g/mol. The van der Waals surface area contributed by atoms with Crippen molar-refractivity contribution in [2.75, 3.05) is 26.4 Å². The van der Waals surface area contributed by atoms with Crippen LogP contribution in [0.2, 0.25) is 0 Å². The maximum Gasteiger partial charge on any atom is 0.472 e. The van der Waals surface area contributed by atoms with E-state index in [2.05, 4.69) is 57.2 Å². The zero-order valence-electron chi connectivity index (χ0n) is 58.2. The summed E-state index contributed by atoms with van der Waals surface area (Å²) in [5.41, 5.74) is 0. The highest BCUT2D eigenvalue weighted by Crippen LogP contribution is 2.49. The minimum Gasteiger partial charge on any atom is -0.463 e. The van der Waals surface area contributed by atoms with Gasteiger partial charge in [0.25, 0.3) is 0 Å². The van der Waals surface area contributed by atoms with Gasteiger partial charge in [0.2, 0.25) is 0 Å². The lowest BCUT2D eigenvalue weighted by Crippen LogP contribution is -2.69. The van der Waals surface area contributed by atoms with E-state index in [1.54, 1.807) is 0 Å². The lowest BCUT2D eigenvalue weighted by molar-refractivity contribution is -0.360. The first-order valence-corrected chi connectivity index (χ1v) is 38.3. The number of rotatable bonds is 56. The smallest absolute Gasteiger partial charge is 0.463 e. The van der Waals surface area contributed by atoms with Gasteiger partial charge < -0.3 is 89.1 Å². The third kappa shape index (κ3) is 36.2. The molecule has 2 heterocycles. The number of phosphoric acid groups is 1. The van der Waals surface area contributed by atoms with Crippen molar-refractivity contribution in [3.8, 4) is 0 Å². The Kier molecular flexibility index (Phi) is 48.3. The fraction of sp³-hybridized carbons (Fsp3) is 0.873. The molecule has 0 bridgehead atoms. The first kappa shape index (κ1) is 87.4. The summed E-state index contributed by atoms with van der Waals surface area (Å²) in [5, 5.41) is 110. The second-order valence-corrected chi connectivity index (χ2v) is 27.7. The molecule has 0 spiro atoms. The molecule has 96 heavy (non-hydrogen) atoms. The van der Waals surface area contributed by atoms with Gasteiger partial charge in [0.1, 0.15) is 98.7 Å². The molecule has 1 aliphatic carbocycles. The zero-order chi connectivity index (χ0) is 70.4. The molecule has 11 N–H and O–H groups in total. The van der Waals surface area contributed by atoms with Gasteiger partial charge in [-0.1, -0.05) is 186 Å². The molecule has 0 amide bonds. The number of aliphatic hydroxyl groups excluding tert-OH is 10. The fourth-order valence-corrected chi connectivity index (χ4v) is 12.8. The largest absolute Gasteiger partial charge is 0.472 e.